The second-order valence-corrected chi connectivity index (χ2v) is 7.09. The molecule has 2 fully saturated rings. The molecule has 2 amide bonds. The molecule has 0 aliphatic carbocycles. The number of nitrogens with one attached hydrogen (secondary N) is 2. The Morgan fingerprint density at radius 2 is 1.93 bits per heavy atom. The summed E-state index contributed by atoms with van der Waals surface area (Å²) in [6.07, 6.45) is 3.49. The maximum Gasteiger partial charge on any atom is 0.258 e. The summed E-state index contributed by atoms with van der Waals surface area (Å²) in [7, 11) is 1.79. The number of hydrogen-bond acceptors (Lipinski definition) is 5. The molecule has 2 N–H and O–H groups in total. The van der Waals surface area contributed by atoms with Crippen molar-refractivity contribution in [3.8, 4) is 0 Å². The van der Waals surface area contributed by atoms with Crippen molar-refractivity contribution in [2.24, 2.45) is 7.05 Å². The van der Waals surface area contributed by atoms with E-state index in [0.29, 0.717) is 23.9 Å². The summed E-state index contributed by atoms with van der Waals surface area (Å²) in [6.45, 7) is 2.68. The normalized spacial score (nSPS) is 17.5. The predicted molar refractivity (Wildman–Crippen MR) is 109 cm³/mol. The number of rotatable bonds is 4. The molecule has 2 aliphatic rings. The summed E-state index contributed by atoms with van der Waals surface area (Å²) < 4.78 is 1.62. The van der Waals surface area contributed by atoms with Crippen LogP contribution in [0.25, 0.3) is 0 Å². The predicted octanol–water partition coefficient (Wildman–Crippen LogP) is 2.08. The van der Waals surface area contributed by atoms with E-state index in [2.05, 4.69) is 20.7 Å². The number of anilines is 2. The molecule has 0 spiro atoms. The van der Waals surface area contributed by atoms with Crippen molar-refractivity contribution in [3.63, 3.8) is 0 Å². The second kappa shape index (κ2) is 8.70. The van der Waals surface area contributed by atoms with E-state index in [9.17, 15) is 9.59 Å². The summed E-state index contributed by atoms with van der Waals surface area (Å²) in [4.78, 5) is 30.7. The Kier molecular flexibility index (Phi) is 6.31. The Morgan fingerprint density at radius 1 is 1.21 bits per heavy atom. The molecule has 2 saturated heterocycles. The lowest BCUT2D eigenvalue weighted by atomic mass is 9.98. The molecule has 0 radical (unpaired) electrons. The zero-order chi connectivity index (χ0) is 18.8. The number of aromatic nitrogens is 3. The van der Waals surface area contributed by atoms with Crippen molar-refractivity contribution >= 4 is 35.9 Å². The van der Waals surface area contributed by atoms with E-state index < -0.39 is 0 Å². The van der Waals surface area contributed by atoms with Gasteiger partial charge in [-0.2, -0.15) is 10.1 Å². The highest BCUT2D eigenvalue weighted by Crippen LogP contribution is 2.24. The van der Waals surface area contributed by atoms with Crippen molar-refractivity contribution in [1.29, 1.82) is 0 Å². The number of hydrogen-bond donors (Lipinski definition) is 2. The van der Waals surface area contributed by atoms with Crippen LogP contribution in [0, 0.1) is 0 Å². The quantitative estimate of drug-likeness (QED) is 0.813. The largest absolute Gasteiger partial charge is 0.317 e. The maximum atomic E-state index is 12.6. The summed E-state index contributed by atoms with van der Waals surface area (Å²) in [5.74, 6) is 1.48. The van der Waals surface area contributed by atoms with E-state index >= 15 is 0 Å². The van der Waals surface area contributed by atoms with Crippen LogP contribution in [-0.4, -0.2) is 46.2 Å². The van der Waals surface area contributed by atoms with Crippen LogP contribution in [0.3, 0.4) is 0 Å². The van der Waals surface area contributed by atoms with Gasteiger partial charge in [-0.1, -0.05) is 0 Å². The van der Waals surface area contributed by atoms with Gasteiger partial charge in [0, 0.05) is 37.2 Å². The van der Waals surface area contributed by atoms with Gasteiger partial charge in [0.2, 0.25) is 11.9 Å². The monoisotopic (exact) mass is 404 g/mol. The molecule has 150 valence electrons. The lowest BCUT2D eigenvalue weighted by Crippen LogP contribution is -2.27. The minimum Gasteiger partial charge on any atom is -0.317 e. The van der Waals surface area contributed by atoms with Crippen molar-refractivity contribution in [1.82, 2.24) is 20.1 Å². The maximum absolute atomic E-state index is 12.6. The SMILES string of the molecule is Cl.Cn1nc(C2CCNCC2)nc1NC(=O)c1ccc(N2CCCC2=O)cc1. The molecule has 0 unspecified atom stereocenters. The third-order valence-corrected chi connectivity index (χ3v) is 5.22. The third-order valence-electron chi connectivity index (χ3n) is 5.22. The number of carbonyl (C=O) groups excluding carboxylic acids is 2. The molecule has 0 bridgehead atoms. The highest BCUT2D eigenvalue weighted by molar-refractivity contribution is 6.04. The van der Waals surface area contributed by atoms with E-state index in [4.69, 9.17) is 0 Å². The summed E-state index contributed by atoms with van der Waals surface area (Å²) in [6, 6.07) is 7.10. The Morgan fingerprint density at radius 3 is 2.57 bits per heavy atom. The summed E-state index contributed by atoms with van der Waals surface area (Å²) >= 11 is 0. The fourth-order valence-electron chi connectivity index (χ4n) is 3.65. The van der Waals surface area contributed by atoms with Crippen LogP contribution in [0.2, 0.25) is 0 Å². The number of amides is 2. The molecule has 2 aromatic rings. The zero-order valence-corrected chi connectivity index (χ0v) is 16.7. The molecule has 9 heteroatoms. The lowest BCUT2D eigenvalue weighted by Gasteiger charge is -2.19. The first-order valence-electron chi connectivity index (χ1n) is 9.45. The molecule has 1 aromatic heterocycles. The van der Waals surface area contributed by atoms with Gasteiger partial charge in [0.15, 0.2) is 5.82 Å². The van der Waals surface area contributed by atoms with Gasteiger partial charge in [-0.05, 0) is 56.6 Å². The first-order chi connectivity index (χ1) is 13.1. The van der Waals surface area contributed by atoms with Crippen LogP contribution >= 0.6 is 12.4 Å². The first-order valence-corrected chi connectivity index (χ1v) is 9.45. The topological polar surface area (TPSA) is 92.2 Å². The van der Waals surface area contributed by atoms with Crippen molar-refractivity contribution in [2.75, 3.05) is 29.9 Å². The minimum atomic E-state index is -0.235. The van der Waals surface area contributed by atoms with Crippen LogP contribution in [0.5, 0.6) is 0 Å². The number of nitrogens with zero attached hydrogens (tertiary/aromatic N) is 4. The van der Waals surface area contributed by atoms with Crippen LogP contribution in [0.4, 0.5) is 11.6 Å². The Balaban J connectivity index is 0.00000225. The zero-order valence-electron chi connectivity index (χ0n) is 15.9. The fraction of sp³-hybridized carbons (Fsp3) is 0.474. The average Bonchev–Trinajstić information content (AvgIpc) is 3.28. The average molecular weight is 405 g/mol. The van der Waals surface area contributed by atoms with Gasteiger partial charge in [-0.25, -0.2) is 4.68 Å². The molecule has 8 nitrogen and oxygen atoms in total. The van der Waals surface area contributed by atoms with Gasteiger partial charge in [0.25, 0.3) is 5.91 Å². The van der Waals surface area contributed by atoms with E-state index in [1.54, 1.807) is 28.8 Å². The fourth-order valence-corrected chi connectivity index (χ4v) is 3.65. The van der Waals surface area contributed by atoms with E-state index in [1.807, 2.05) is 12.1 Å². The molecule has 0 saturated carbocycles. The van der Waals surface area contributed by atoms with E-state index in [-0.39, 0.29) is 24.2 Å². The Bertz CT molecular complexity index is 845. The third kappa shape index (κ3) is 4.18. The van der Waals surface area contributed by atoms with Gasteiger partial charge < -0.3 is 10.2 Å². The number of halogens is 1. The molecular formula is C19H25ClN6O2. The van der Waals surface area contributed by atoms with Gasteiger partial charge in [0.1, 0.15) is 0 Å². The molecule has 28 heavy (non-hydrogen) atoms. The standard InChI is InChI=1S/C19H24N6O2.ClH/c1-24-19(21-17(23-24)13-8-10-20-11-9-13)22-18(27)14-4-6-15(7-5-14)25-12-2-3-16(25)26;/h4-7,13,20H,2-3,8-12H2,1H3,(H,21,22,23,27);1H. The minimum absolute atomic E-state index is 0. The molecule has 3 heterocycles. The molecule has 1 aromatic carbocycles. The lowest BCUT2D eigenvalue weighted by molar-refractivity contribution is -0.117. The number of aryl methyl sites for hydroxylation is 1. The van der Waals surface area contributed by atoms with Gasteiger partial charge in [-0.3, -0.25) is 14.9 Å². The van der Waals surface area contributed by atoms with Gasteiger partial charge >= 0.3 is 0 Å². The van der Waals surface area contributed by atoms with Crippen LogP contribution in [0.1, 0.15) is 47.8 Å². The van der Waals surface area contributed by atoms with Crippen LogP contribution in [-0.2, 0) is 11.8 Å². The highest BCUT2D eigenvalue weighted by atomic mass is 35.5. The van der Waals surface area contributed by atoms with Gasteiger partial charge in [0.05, 0.1) is 0 Å². The van der Waals surface area contributed by atoms with E-state index in [1.165, 1.54) is 0 Å². The number of carbonyl (C=O) groups is 2. The van der Waals surface area contributed by atoms with Gasteiger partial charge in [-0.15, -0.1) is 12.4 Å². The smallest absolute Gasteiger partial charge is 0.258 e. The second-order valence-electron chi connectivity index (χ2n) is 7.09. The van der Waals surface area contributed by atoms with Crippen molar-refractivity contribution < 1.29 is 9.59 Å². The molecule has 4 rings (SSSR count). The first kappa shape index (κ1) is 20.3. The summed E-state index contributed by atoms with van der Waals surface area (Å²) in [5, 5.41) is 10.6. The number of benzene rings is 1. The van der Waals surface area contributed by atoms with Crippen molar-refractivity contribution in [2.45, 2.75) is 31.6 Å². The highest BCUT2D eigenvalue weighted by Gasteiger charge is 2.23. The van der Waals surface area contributed by atoms with Crippen LogP contribution in [0.15, 0.2) is 24.3 Å². The van der Waals surface area contributed by atoms with Crippen molar-refractivity contribution in [3.05, 3.63) is 35.7 Å². The Hall–Kier alpha value is -2.45. The molecular weight excluding hydrogens is 380 g/mol. The van der Waals surface area contributed by atoms with E-state index in [0.717, 1.165) is 50.4 Å². The molecule has 0 atom stereocenters. The summed E-state index contributed by atoms with van der Waals surface area (Å²) in [5.41, 5.74) is 1.36. The molecule has 2 aliphatic heterocycles. The Labute approximate surface area is 170 Å². The van der Waals surface area contributed by atoms with Crippen LogP contribution < -0.4 is 15.5 Å². The number of piperidine rings is 1.